The molecule has 18 heavy (non-hydrogen) atoms. The van der Waals surface area contributed by atoms with Crippen molar-refractivity contribution in [1.82, 2.24) is 10.2 Å². The van der Waals surface area contributed by atoms with Gasteiger partial charge >= 0.3 is 5.97 Å². The van der Waals surface area contributed by atoms with Gasteiger partial charge in [-0.2, -0.15) is 0 Å². The fourth-order valence-electron chi connectivity index (χ4n) is 1.78. The Kier molecular flexibility index (Phi) is 6.35. The first kappa shape index (κ1) is 14.6. The summed E-state index contributed by atoms with van der Waals surface area (Å²) in [7, 11) is 0. The van der Waals surface area contributed by atoms with Crippen LogP contribution in [0.3, 0.4) is 0 Å². The number of hydrogen-bond donors (Lipinski definition) is 1. The van der Waals surface area contributed by atoms with Crippen LogP contribution in [-0.4, -0.2) is 48.9 Å². The number of ether oxygens (including phenoxy) is 1. The van der Waals surface area contributed by atoms with E-state index in [1.807, 2.05) is 0 Å². The van der Waals surface area contributed by atoms with Crippen molar-refractivity contribution in [3.8, 4) is 0 Å². The summed E-state index contributed by atoms with van der Waals surface area (Å²) in [5.41, 5.74) is 0. The van der Waals surface area contributed by atoms with Crippen molar-refractivity contribution in [2.24, 2.45) is 0 Å². The Bertz CT molecular complexity index is 301. The summed E-state index contributed by atoms with van der Waals surface area (Å²) in [5, 5.41) is 3.10. The fourth-order valence-corrected chi connectivity index (χ4v) is 1.78. The van der Waals surface area contributed by atoms with Crippen molar-refractivity contribution in [3.05, 3.63) is 0 Å². The van der Waals surface area contributed by atoms with Crippen LogP contribution < -0.4 is 5.32 Å². The van der Waals surface area contributed by atoms with E-state index in [9.17, 15) is 14.4 Å². The zero-order chi connectivity index (χ0) is 13.4. The molecule has 2 amide bonds. The van der Waals surface area contributed by atoms with Crippen LogP contribution >= 0.6 is 0 Å². The van der Waals surface area contributed by atoms with Gasteiger partial charge in [0.25, 0.3) is 0 Å². The maximum absolute atomic E-state index is 11.3. The number of carbonyl (C=O) groups is 3. The van der Waals surface area contributed by atoms with Crippen LogP contribution in [0.15, 0.2) is 0 Å². The molecule has 1 saturated heterocycles. The highest BCUT2D eigenvalue weighted by Gasteiger charge is 2.27. The van der Waals surface area contributed by atoms with Gasteiger partial charge in [0.15, 0.2) is 0 Å². The highest BCUT2D eigenvalue weighted by atomic mass is 16.5. The molecule has 0 aromatic rings. The molecule has 0 atom stereocenters. The quantitative estimate of drug-likeness (QED) is 0.378. The summed E-state index contributed by atoms with van der Waals surface area (Å²) >= 11 is 0. The number of nitrogens with one attached hydrogen (secondary N) is 1. The Morgan fingerprint density at radius 1 is 1.28 bits per heavy atom. The molecule has 6 nitrogen and oxygen atoms in total. The lowest BCUT2D eigenvalue weighted by Crippen LogP contribution is -2.36. The van der Waals surface area contributed by atoms with Gasteiger partial charge in [0.1, 0.15) is 0 Å². The topological polar surface area (TPSA) is 75.7 Å². The van der Waals surface area contributed by atoms with Crippen molar-refractivity contribution in [1.29, 1.82) is 0 Å². The molecule has 0 aromatic heterocycles. The Morgan fingerprint density at radius 3 is 2.56 bits per heavy atom. The first-order valence-corrected chi connectivity index (χ1v) is 6.34. The number of hydrogen-bond acceptors (Lipinski definition) is 5. The van der Waals surface area contributed by atoms with E-state index in [-0.39, 0.29) is 17.8 Å². The second-order valence-electron chi connectivity index (χ2n) is 4.10. The Labute approximate surface area is 107 Å². The van der Waals surface area contributed by atoms with Crippen LogP contribution in [0.5, 0.6) is 0 Å². The van der Waals surface area contributed by atoms with Gasteiger partial charge in [0.05, 0.1) is 6.61 Å². The minimum Gasteiger partial charge on any atom is -0.466 e. The van der Waals surface area contributed by atoms with Crippen molar-refractivity contribution in [3.63, 3.8) is 0 Å². The molecule has 102 valence electrons. The predicted octanol–water partition coefficient (Wildman–Crippen LogP) is 0.0683. The predicted molar refractivity (Wildman–Crippen MR) is 64.7 cm³/mol. The molecule has 1 heterocycles. The van der Waals surface area contributed by atoms with Gasteiger partial charge in [-0.3, -0.25) is 19.3 Å². The maximum Gasteiger partial charge on any atom is 0.305 e. The van der Waals surface area contributed by atoms with Gasteiger partial charge in [0.2, 0.25) is 11.8 Å². The standard InChI is InChI=1S/C12H20N2O4/c1-2-18-12(17)4-3-7-13-8-9-14-10(15)5-6-11(14)16/h13H,2-9H2,1H3. The summed E-state index contributed by atoms with van der Waals surface area (Å²) in [6.45, 7) is 3.85. The Hall–Kier alpha value is -1.43. The van der Waals surface area contributed by atoms with Gasteiger partial charge < -0.3 is 10.1 Å². The van der Waals surface area contributed by atoms with Crippen LogP contribution in [0.1, 0.15) is 32.6 Å². The van der Waals surface area contributed by atoms with E-state index in [0.717, 1.165) is 0 Å². The molecule has 1 aliphatic heterocycles. The number of nitrogens with zero attached hydrogens (tertiary/aromatic N) is 1. The van der Waals surface area contributed by atoms with Crippen LogP contribution in [0.25, 0.3) is 0 Å². The van der Waals surface area contributed by atoms with Crippen LogP contribution in [0, 0.1) is 0 Å². The average molecular weight is 256 g/mol. The highest BCUT2D eigenvalue weighted by molar-refractivity contribution is 6.01. The molecule has 0 spiro atoms. The van der Waals surface area contributed by atoms with Crippen molar-refractivity contribution in [2.45, 2.75) is 32.6 Å². The fraction of sp³-hybridized carbons (Fsp3) is 0.750. The number of likely N-dealkylation sites (tertiary alicyclic amines) is 1. The molecule has 1 aliphatic rings. The Balaban J connectivity index is 2.00. The number of rotatable bonds is 8. The summed E-state index contributed by atoms with van der Waals surface area (Å²) in [6, 6.07) is 0. The zero-order valence-corrected chi connectivity index (χ0v) is 10.7. The molecule has 0 radical (unpaired) electrons. The normalized spacial score (nSPS) is 15.3. The number of imide groups is 1. The third-order valence-corrected chi connectivity index (χ3v) is 2.71. The van der Waals surface area contributed by atoms with Gasteiger partial charge in [-0.05, 0) is 19.9 Å². The van der Waals surface area contributed by atoms with E-state index in [1.54, 1.807) is 6.92 Å². The summed E-state index contributed by atoms with van der Waals surface area (Å²) < 4.78 is 4.79. The van der Waals surface area contributed by atoms with Crippen molar-refractivity contribution >= 4 is 17.8 Å². The monoisotopic (exact) mass is 256 g/mol. The Morgan fingerprint density at radius 2 is 1.94 bits per heavy atom. The third-order valence-electron chi connectivity index (χ3n) is 2.71. The lowest BCUT2D eigenvalue weighted by atomic mass is 10.3. The van der Waals surface area contributed by atoms with Gasteiger partial charge in [-0.15, -0.1) is 0 Å². The molecule has 0 unspecified atom stereocenters. The van der Waals surface area contributed by atoms with E-state index in [1.165, 1.54) is 4.90 Å². The smallest absolute Gasteiger partial charge is 0.305 e. The lowest BCUT2D eigenvalue weighted by Gasteiger charge is -2.13. The van der Waals surface area contributed by atoms with E-state index >= 15 is 0 Å². The first-order chi connectivity index (χ1) is 8.65. The number of esters is 1. The molecular weight excluding hydrogens is 236 g/mol. The van der Waals surface area contributed by atoms with E-state index in [0.29, 0.717) is 51.9 Å². The maximum atomic E-state index is 11.3. The van der Waals surface area contributed by atoms with Crippen molar-refractivity contribution < 1.29 is 19.1 Å². The average Bonchev–Trinajstić information content (AvgIpc) is 2.65. The highest BCUT2D eigenvalue weighted by Crippen LogP contribution is 2.10. The van der Waals surface area contributed by atoms with Crippen LogP contribution in [0.2, 0.25) is 0 Å². The zero-order valence-electron chi connectivity index (χ0n) is 10.7. The minimum absolute atomic E-state index is 0.0895. The molecule has 0 aromatic carbocycles. The van der Waals surface area contributed by atoms with Crippen molar-refractivity contribution in [2.75, 3.05) is 26.2 Å². The van der Waals surface area contributed by atoms with E-state index in [2.05, 4.69) is 5.32 Å². The molecule has 1 rings (SSSR count). The third kappa shape index (κ3) is 4.83. The molecule has 0 aliphatic carbocycles. The first-order valence-electron chi connectivity index (χ1n) is 6.34. The van der Waals surface area contributed by atoms with Crippen LogP contribution in [-0.2, 0) is 19.1 Å². The summed E-state index contributed by atoms with van der Waals surface area (Å²) in [4.78, 5) is 34.9. The largest absolute Gasteiger partial charge is 0.466 e. The second kappa shape index (κ2) is 7.81. The molecule has 0 saturated carbocycles. The summed E-state index contributed by atoms with van der Waals surface area (Å²) in [5.74, 6) is -0.370. The molecule has 6 heteroatoms. The molecule has 0 bridgehead atoms. The molecule has 1 fully saturated rings. The minimum atomic E-state index is -0.191. The van der Waals surface area contributed by atoms with Gasteiger partial charge in [-0.25, -0.2) is 0 Å². The summed E-state index contributed by atoms with van der Waals surface area (Å²) in [6.07, 6.45) is 1.76. The van der Waals surface area contributed by atoms with Gasteiger partial charge in [0, 0.05) is 32.4 Å². The molecular formula is C12H20N2O4. The lowest BCUT2D eigenvalue weighted by molar-refractivity contribution is -0.143. The second-order valence-corrected chi connectivity index (χ2v) is 4.10. The van der Waals surface area contributed by atoms with Crippen LogP contribution in [0.4, 0.5) is 0 Å². The van der Waals surface area contributed by atoms with E-state index < -0.39 is 0 Å². The van der Waals surface area contributed by atoms with Gasteiger partial charge in [-0.1, -0.05) is 0 Å². The SMILES string of the molecule is CCOC(=O)CCCNCCN1C(=O)CCC1=O. The number of amides is 2. The van der Waals surface area contributed by atoms with E-state index in [4.69, 9.17) is 4.74 Å². The number of carbonyl (C=O) groups excluding carboxylic acids is 3. The molecule has 1 N–H and O–H groups in total.